The van der Waals surface area contributed by atoms with Crippen molar-refractivity contribution in [2.75, 3.05) is 51.0 Å². The van der Waals surface area contributed by atoms with Gasteiger partial charge in [0.25, 0.3) is 5.91 Å². The van der Waals surface area contributed by atoms with Crippen LogP contribution in [0, 0.1) is 6.92 Å². The molecule has 1 saturated heterocycles. The van der Waals surface area contributed by atoms with Crippen LogP contribution in [0.4, 0.5) is 11.8 Å². The molecule has 0 unspecified atom stereocenters. The molecule has 29 heavy (non-hydrogen) atoms. The number of ether oxygens (including phenoxy) is 2. The lowest BCUT2D eigenvalue weighted by Gasteiger charge is -2.34. The molecule has 0 saturated carbocycles. The molecule has 0 bridgehead atoms. The van der Waals surface area contributed by atoms with Crippen LogP contribution in [0.25, 0.3) is 10.9 Å². The normalized spacial score (nSPS) is 14.3. The summed E-state index contributed by atoms with van der Waals surface area (Å²) in [5.74, 6) is 2.35. The molecule has 0 radical (unpaired) electrons. The molecule has 152 valence electrons. The monoisotopic (exact) mass is 398 g/mol. The summed E-state index contributed by atoms with van der Waals surface area (Å²) in [6.07, 6.45) is 1.39. The second kappa shape index (κ2) is 7.46. The van der Waals surface area contributed by atoms with Crippen LogP contribution in [0.1, 0.15) is 16.4 Å². The highest BCUT2D eigenvalue weighted by atomic mass is 16.5. The van der Waals surface area contributed by atoms with Gasteiger partial charge in [0.05, 0.1) is 19.7 Å². The van der Waals surface area contributed by atoms with Crippen LogP contribution in [0.15, 0.2) is 22.8 Å². The van der Waals surface area contributed by atoms with E-state index in [4.69, 9.17) is 19.6 Å². The van der Waals surface area contributed by atoms with E-state index in [1.807, 2.05) is 4.90 Å². The Morgan fingerprint density at radius 2 is 1.76 bits per heavy atom. The van der Waals surface area contributed by atoms with Gasteiger partial charge in [-0.15, -0.1) is 0 Å². The number of piperazine rings is 1. The number of amides is 1. The molecule has 1 aromatic carbocycles. The Morgan fingerprint density at radius 1 is 1.07 bits per heavy atom. The molecule has 1 aliphatic heterocycles. The van der Waals surface area contributed by atoms with E-state index in [-0.39, 0.29) is 5.91 Å². The van der Waals surface area contributed by atoms with Gasteiger partial charge in [-0.1, -0.05) is 0 Å². The number of hydrogen-bond acceptors (Lipinski definition) is 9. The minimum absolute atomic E-state index is 0.141. The average Bonchev–Trinajstić information content (AvgIpc) is 3.18. The third kappa shape index (κ3) is 3.48. The SMILES string of the molecule is COc1cc2nc(N3CCN(C(=O)c4coc(C)n4)CC3)nc(N)c2cc1OC. The number of nitrogens with zero attached hydrogens (tertiary/aromatic N) is 5. The number of rotatable bonds is 4. The first-order valence-corrected chi connectivity index (χ1v) is 9.15. The van der Waals surface area contributed by atoms with Gasteiger partial charge in [0.1, 0.15) is 12.1 Å². The molecule has 3 aromatic rings. The van der Waals surface area contributed by atoms with E-state index < -0.39 is 0 Å². The highest BCUT2D eigenvalue weighted by Crippen LogP contribution is 2.34. The van der Waals surface area contributed by atoms with E-state index in [0.29, 0.717) is 71.9 Å². The number of aryl methyl sites for hydroxylation is 1. The summed E-state index contributed by atoms with van der Waals surface area (Å²) in [6.45, 7) is 3.93. The van der Waals surface area contributed by atoms with Crippen molar-refractivity contribution in [1.82, 2.24) is 19.9 Å². The summed E-state index contributed by atoms with van der Waals surface area (Å²) in [7, 11) is 3.14. The molecule has 10 nitrogen and oxygen atoms in total. The van der Waals surface area contributed by atoms with Gasteiger partial charge in [-0.05, 0) is 6.07 Å². The summed E-state index contributed by atoms with van der Waals surface area (Å²) in [5, 5.41) is 0.696. The molecule has 10 heteroatoms. The van der Waals surface area contributed by atoms with Gasteiger partial charge in [-0.3, -0.25) is 4.79 Å². The van der Waals surface area contributed by atoms with Gasteiger partial charge in [-0.2, -0.15) is 4.98 Å². The molecule has 1 amide bonds. The van der Waals surface area contributed by atoms with Crippen LogP contribution in [0.2, 0.25) is 0 Å². The fraction of sp³-hybridized carbons (Fsp3) is 0.368. The summed E-state index contributed by atoms with van der Waals surface area (Å²) in [5.41, 5.74) is 7.17. The lowest BCUT2D eigenvalue weighted by atomic mass is 10.2. The zero-order valence-corrected chi connectivity index (χ0v) is 16.5. The molecule has 1 aliphatic rings. The van der Waals surface area contributed by atoms with E-state index in [2.05, 4.69) is 15.0 Å². The summed E-state index contributed by atoms with van der Waals surface area (Å²) in [6, 6.07) is 3.55. The summed E-state index contributed by atoms with van der Waals surface area (Å²) >= 11 is 0. The number of fused-ring (bicyclic) bond motifs is 1. The maximum Gasteiger partial charge on any atom is 0.275 e. The van der Waals surface area contributed by atoms with E-state index in [1.165, 1.54) is 6.26 Å². The van der Waals surface area contributed by atoms with Gasteiger partial charge >= 0.3 is 0 Å². The molecule has 4 rings (SSSR count). The Morgan fingerprint density at radius 3 is 2.38 bits per heavy atom. The predicted molar refractivity (Wildman–Crippen MR) is 106 cm³/mol. The van der Waals surface area contributed by atoms with Gasteiger partial charge < -0.3 is 29.4 Å². The number of nitrogens with two attached hydrogens (primary N) is 1. The van der Waals surface area contributed by atoms with Crippen molar-refractivity contribution in [3.05, 3.63) is 30.0 Å². The fourth-order valence-corrected chi connectivity index (χ4v) is 3.34. The first-order valence-electron chi connectivity index (χ1n) is 9.15. The number of hydrogen-bond donors (Lipinski definition) is 1. The van der Waals surface area contributed by atoms with Crippen LogP contribution in [-0.2, 0) is 0 Å². The van der Waals surface area contributed by atoms with Gasteiger partial charge in [0, 0.05) is 44.6 Å². The van der Waals surface area contributed by atoms with E-state index >= 15 is 0 Å². The van der Waals surface area contributed by atoms with Crippen molar-refractivity contribution in [3.63, 3.8) is 0 Å². The molecule has 0 atom stereocenters. The van der Waals surface area contributed by atoms with Crippen LogP contribution in [-0.4, -0.2) is 66.2 Å². The van der Waals surface area contributed by atoms with Crippen molar-refractivity contribution in [2.45, 2.75) is 6.92 Å². The van der Waals surface area contributed by atoms with Crippen LogP contribution in [0.3, 0.4) is 0 Å². The van der Waals surface area contributed by atoms with E-state index in [1.54, 1.807) is 38.2 Å². The standard InChI is InChI=1S/C19H22N6O4/c1-11-21-14(10-29-11)18(26)24-4-6-25(7-5-24)19-22-13-9-16(28-3)15(27-2)8-12(13)17(20)23-19/h8-10H,4-7H2,1-3H3,(H2,20,22,23). The highest BCUT2D eigenvalue weighted by Gasteiger charge is 2.26. The Bertz CT molecular complexity index is 1060. The Balaban J connectivity index is 1.54. The van der Waals surface area contributed by atoms with Crippen LogP contribution < -0.4 is 20.1 Å². The first kappa shape index (κ1) is 18.8. The predicted octanol–water partition coefficient (Wildman–Crippen LogP) is 1.49. The number of carbonyl (C=O) groups excluding carboxylic acids is 1. The minimum Gasteiger partial charge on any atom is -0.493 e. The second-order valence-corrected chi connectivity index (χ2v) is 6.66. The number of benzene rings is 1. The number of methoxy groups -OCH3 is 2. The lowest BCUT2D eigenvalue weighted by molar-refractivity contribution is 0.0740. The number of aromatic nitrogens is 3. The number of anilines is 2. The Kier molecular flexibility index (Phi) is 4.83. The lowest BCUT2D eigenvalue weighted by Crippen LogP contribution is -2.49. The Labute approximate surface area is 167 Å². The molecule has 0 spiro atoms. The largest absolute Gasteiger partial charge is 0.493 e. The van der Waals surface area contributed by atoms with Crippen molar-refractivity contribution in [2.24, 2.45) is 0 Å². The quantitative estimate of drug-likeness (QED) is 0.697. The number of oxazole rings is 1. The molecule has 0 aliphatic carbocycles. The minimum atomic E-state index is -0.141. The molecule has 1 fully saturated rings. The number of carbonyl (C=O) groups is 1. The van der Waals surface area contributed by atoms with Gasteiger partial charge in [0.15, 0.2) is 23.1 Å². The Hall–Kier alpha value is -3.56. The zero-order chi connectivity index (χ0) is 20.5. The van der Waals surface area contributed by atoms with Gasteiger partial charge in [0.2, 0.25) is 5.95 Å². The van der Waals surface area contributed by atoms with Crippen molar-refractivity contribution < 1.29 is 18.7 Å². The topological polar surface area (TPSA) is 120 Å². The van der Waals surface area contributed by atoms with Gasteiger partial charge in [-0.25, -0.2) is 9.97 Å². The molecular weight excluding hydrogens is 376 g/mol. The van der Waals surface area contributed by atoms with Crippen molar-refractivity contribution in [3.8, 4) is 11.5 Å². The molecule has 3 heterocycles. The van der Waals surface area contributed by atoms with E-state index in [9.17, 15) is 4.79 Å². The fourth-order valence-electron chi connectivity index (χ4n) is 3.34. The van der Waals surface area contributed by atoms with Crippen molar-refractivity contribution in [1.29, 1.82) is 0 Å². The summed E-state index contributed by atoms with van der Waals surface area (Å²) < 4.78 is 15.8. The second-order valence-electron chi connectivity index (χ2n) is 6.66. The third-order valence-corrected chi connectivity index (χ3v) is 4.91. The first-order chi connectivity index (χ1) is 14.0. The maximum absolute atomic E-state index is 12.5. The van der Waals surface area contributed by atoms with Crippen LogP contribution >= 0.6 is 0 Å². The number of nitrogen functional groups attached to an aromatic ring is 1. The third-order valence-electron chi connectivity index (χ3n) is 4.91. The summed E-state index contributed by atoms with van der Waals surface area (Å²) in [4.78, 5) is 29.5. The molecule has 2 N–H and O–H groups in total. The average molecular weight is 398 g/mol. The molecule has 2 aromatic heterocycles. The van der Waals surface area contributed by atoms with Crippen molar-refractivity contribution >= 4 is 28.6 Å². The highest BCUT2D eigenvalue weighted by molar-refractivity contribution is 5.93. The zero-order valence-electron chi connectivity index (χ0n) is 16.5. The van der Waals surface area contributed by atoms with E-state index in [0.717, 1.165) is 0 Å². The smallest absolute Gasteiger partial charge is 0.275 e. The maximum atomic E-state index is 12.5. The van der Waals surface area contributed by atoms with Crippen LogP contribution in [0.5, 0.6) is 11.5 Å². The molecular formula is C19H22N6O4.